The first kappa shape index (κ1) is 19.5. The van der Waals surface area contributed by atoms with Crippen LogP contribution in [0, 0.1) is 6.92 Å². The Labute approximate surface area is 164 Å². The first-order valence-corrected chi connectivity index (χ1v) is 10.7. The van der Waals surface area contributed by atoms with Crippen LogP contribution >= 0.6 is 11.6 Å². The molecule has 2 aromatic carbocycles. The number of carbonyl (C=O) groups excluding carboxylic acids is 1. The smallest absolute Gasteiger partial charge is 0.255 e. The Balaban J connectivity index is 1.90. The molecular formula is C19H21ClN2O4S. The van der Waals surface area contributed by atoms with Crippen molar-refractivity contribution in [3.63, 3.8) is 0 Å². The van der Waals surface area contributed by atoms with Crippen molar-refractivity contribution in [1.82, 2.24) is 0 Å². The van der Waals surface area contributed by atoms with Crippen molar-refractivity contribution in [1.29, 1.82) is 0 Å². The number of sulfonamides is 1. The molecule has 0 spiro atoms. The fourth-order valence-electron chi connectivity index (χ4n) is 3.17. The van der Waals surface area contributed by atoms with Crippen molar-refractivity contribution in [2.75, 3.05) is 29.5 Å². The zero-order chi connectivity index (χ0) is 19.8. The van der Waals surface area contributed by atoms with Gasteiger partial charge >= 0.3 is 0 Å². The van der Waals surface area contributed by atoms with Gasteiger partial charge in [0.1, 0.15) is 5.75 Å². The molecule has 0 aliphatic carbocycles. The highest BCUT2D eigenvalue weighted by Crippen LogP contribution is 2.33. The van der Waals surface area contributed by atoms with Crippen molar-refractivity contribution < 1.29 is 17.9 Å². The molecule has 1 aliphatic rings. The second-order valence-electron chi connectivity index (χ2n) is 6.54. The zero-order valence-electron chi connectivity index (χ0n) is 15.4. The Bertz CT molecular complexity index is 1010. The molecular weight excluding hydrogens is 388 g/mol. The van der Waals surface area contributed by atoms with E-state index in [1.54, 1.807) is 30.3 Å². The summed E-state index contributed by atoms with van der Waals surface area (Å²) >= 11 is 6.10. The molecule has 1 heterocycles. The lowest BCUT2D eigenvalue weighted by Gasteiger charge is -2.29. The maximum Gasteiger partial charge on any atom is 0.255 e. The van der Waals surface area contributed by atoms with E-state index in [2.05, 4.69) is 5.32 Å². The molecule has 0 unspecified atom stereocenters. The van der Waals surface area contributed by atoms with Gasteiger partial charge in [-0.2, -0.15) is 0 Å². The van der Waals surface area contributed by atoms with E-state index in [1.807, 2.05) is 6.92 Å². The number of benzene rings is 2. The standard InChI is InChI=1S/C19H21ClN2O4S/c1-12-9-16(18(26-2)11-15(12)20)21-19(23)14-6-7-17-13(10-14)5-4-8-22(17)27(3,24)25/h6-7,9-11H,4-5,8H2,1-3H3,(H,21,23). The van der Waals surface area contributed by atoms with E-state index in [1.165, 1.54) is 17.7 Å². The molecule has 0 aromatic heterocycles. The molecule has 0 fully saturated rings. The van der Waals surface area contributed by atoms with Crippen molar-refractivity contribution in [2.24, 2.45) is 0 Å². The SMILES string of the molecule is COc1cc(Cl)c(C)cc1NC(=O)c1ccc2c(c1)CCCN2S(C)(=O)=O. The third kappa shape index (κ3) is 4.04. The van der Waals surface area contributed by atoms with E-state index in [-0.39, 0.29) is 5.91 Å². The van der Waals surface area contributed by atoms with Gasteiger partial charge in [0.2, 0.25) is 10.0 Å². The second kappa shape index (κ2) is 7.40. The van der Waals surface area contributed by atoms with Crippen LogP contribution in [0.1, 0.15) is 27.9 Å². The molecule has 0 saturated heterocycles. The predicted molar refractivity (Wildman–Crippen MR) is 108 cm³/mol. The largest absolute Gasteiger partial charge is 0.495 e. The van der Waals surface area contributed by atoms with Crippen molar-refractivity contribution in [3.8, 4) is 5.75 Å². The van der Waals surface area contributed by atoms with Gasteiger partial charge in [0.25, 0.3) is 5.91 Å². The van der Waals surface area contributed by atoms with E-state index in [0.29, 0.717) is 34.3 Å². The molecule has 1 N–H and O–H groups in total. The Morgan fingerprint density at radius 1 is 1.26 bits per heavy atom. The Hall–Kier alpha value is -2.25. The lowest BCUT2D eigenvalue weighted by Crippen LogP contribution is -2.34. The molecule has 0 radical (unpaired) electrons. The monoisotopic (exact) mass is 408 g/mol. The Kier molecular flexibility index (Phi) is 5.35. The molecule has 0 atom stereocenters. The quantitative estimate of drug-likeness (QED) is 0.838. The number of fused-ring (bicyclic) bond motifs is 1. The molecule has 144 valence electrons. The number of methoxy groups -OCH3 is 1. The maximum atomic E-state index is 12.7. The minimum Gasteiger partial charge on any atom is -0.495 e. The van der Waals surface area contributed by atoms with Crippen molar-refractivity contribution in [2.45, 2.75) is 19.8 Å². The lowest BCUT2D eigenvalue weighted by molar-refractivity contribution is 0.102. The van der Waals surface area contributed by atoms with Gasteiger partial charge in [0, 0.05) is 23.2 Å². The number of nitrogens with zero attached hydrogens (tertiary/aromatic N) is 1. The summed E-state index contributed by atoms with van der Waals surface area (Å²) in [5.41, 5.74) is 3.29. The van der Waals surface area contributed by atoms with Gasteiger partial charge in [0.05, 0.1) is 24.7 Å². The van der Waals surface area contributed by atoms with E-state index in [0.717, 1.165) is 24.0 Å². The van der Waals surface area contributed by atoms with Crippen LogP contribution in [0.4, 0.5) is 11.4 Å². The minimum absolute atomic E-state index is 0.297. The topological polar surface area (TPSA) is 75.7 Å². The summed E-state index contributed by atoms with van der Waals surface area (Å²) in [7, 11) is -1.83. The van der Waals surface area contributed by atoms with Crippen LogP contribution in [-0.4, -0.2) is 34.2 Å². The van der Waals surface area contributed by atoms with Crippen LogP contribution in [0.3, 0.4) is 0 Å². The number of hydrogen-bond donors (Lipinski definition) is 1. The van der Waals surface area contributed by atoms with Crippen molar-refractivity contribution >= 4 is 38.9 Å². The van der Waals surface area contributed by atoms with Crippen LogP contribution < -0.4 is 14.4 Å². The Morgan fingerprint density at radius 2 is 2.00 bits per heavy atom. The molecule has 6 nitrogen and oxygen atoms in total. The van der Waals surface area contributed by atoms with Crippen LogP contribution in [0.5, 0.6) is 5.75 Å². The van der Waals surface area contributed by atoms with Gasteiger partial charge in [0.15, 0.2) is 0 Å². The molecule has 1 amide bonds. The summed E-state index contributed by atoms with van der Waals surface area (Å²) in [5.74, 6) is 0.175. The van der Waals surface area contributed by atoms with Gasteiger partial charge < -0.3 is 10.1 Å². The number of hydrogen-bond acceptors (Lipinski definition) is 4. The summed E-state index contributed by atoms with van der Waals surface area (Å²) in [6.45, 7) is 2.30. The first-order valence-electron chi connectivity index (χ1n) is 8.47. The number of carbonyl (C=O) groups is 1. The van der Waals surface area contributed by atoms with Crippen LogP contribution in [0.2, 0.25) is 5.02 Å². The summed E-state index contributed by atoms with van der Waals surface area (Å²) in [4.78, 5) is 12.7. The predicted octanol–water partition coefficient (Wildman–Crippen LogP) is 3.62. The maximum absolute atomic E-state index is 12.7. The molecule has 0 saturated carbocycles. The highest BCUT2D eigenvalue weighted by Gasteiger charge is 2.25. The number of nitrogens with one attached hydrogen (secondary N) is 1. The summed E-state index contributed by atoms with van der Waals surface area (Å²) in [6.07, 6.45) is 2.64. The van der Waals surface area contributed by atoms with Crippen LogP contribution in [0.25, 0.3) is 0 Å². The van der Waals surface area contributed by atoms with Gasteiger partial charge in [-0.1, -0.05) is 11.6 Å². The number of anilines is 2. The average Bonchev–Trinajstić information content (AvgIpc) is 2.62. The molecule has 8 heteroatoms. The van der Waals surface area contributed by atoms with E-state index in [9.17, 15) is 13.2 Å². The van der Waals surface area contributed by atoms with Crippen LogP contribution in [0.15, 0.2) is 30.3 Å². The third-order valence-electron chi connectivity index (χ3n) is 4.55. The summed E-state index contributed by atoms with van der Waals surface area (Å²) in [5, 5.41) is 3.39. The number of ether oxygens (including phenoxy) is 1. The van der Waals surface area contributed by atoms with E-state index >= 15 is 0 Å². The average molecular weight is 409 g/mol. The fraction of sp³-hybridized carbons (Fsp3) is 0.316. The number of rotatable bonds is 4. The molecule has 1 aliphatic heterocycles. The van der Waals surface area contributed by atoms with E-state index in [4.69, 9.17) is 16.3 Å². The highest BCUT2D eigenvalue weighted by atomic mass is 35.5. The molecule has 27 heavy (non-hydrogen) atoms. The lowest BCUT2D eigenvalue weighted by atomic mass is 10.0. The van der Waals surface area contributed by atoms with Gasteiger partial charge in [-0.3, -0.25) is 9.10 Å². The number of amides is 1. The molecule has 0 bridgehead atoms. The van der Waals surface area contributed by atoms with Crippen molar-refractivity contribution in [3.05, 3.63) is 52.0 Å². The normalized spacial score (nSPS) is 13.9. The summed E-state index contributed by atoms with van der Waals surface area (Å²) < 4.78 is 30.6. The van der Waals surface area contributed by atoms with Gasteiger partial charge in [-0.25, -0.2) is 8.42 Å². The number of halogens is 1. The minimum atomic E-state index is -3.34. The Morgan fingerprint density at radius 3 is 2.67 bits per heavy atom. The number of aryl methyl sites for hydroxylation is 2. The molecule has 3 rings (SSSR count). The second-order valence-corrected chi connectivity index (χ2v) is 8.85. The zero-order valence-corrected chi connectivity index (χ0v) is 16.9. The fourth-order valence-corrected chi connectivity index (χ4v) is 4.32. The van der Waals surface area contributed by atoms with Crippen LogP contribution in [-0.2, 0) is 16.4 Å². The van der Waals surface area contributed by atoms with E-state index < -0.39 is 10.0 Å². The summed E-state index contributed by atoms with van der Waals surface area (Å²) in [6, 6.07) is 8.48. The van der Waals surface area contributed by atoms with Gasteiger partial charge in [-0.05, 0) is 55.2 Å². The van der Waals surface area contributed by atoms with Gasteiger partial charge in [-0.15, -0.1) is 0 Å². The highest BCUT2D eigenvalue weighted by molar-refractivity contribution is 7.92. The first-order chi connectivity index (χ1) is 12.7. The third-order valence-corrected chi connectivity index (χ3v) is 6.13. The molecule has 2 aromatic rings.